The summed E-state index contributed by atoms with van der Waals surface area (Å²) in [7, 11) is 0. The molecule has 3 aromatic rings. The lowest BCUT2D eigenvalue weighted by atomic mass is 10.1. The molecule has 1 amide bonds. The smallest absolute Gasteiger partial charge is 0.417 e. The van der Waals surface area contributed by atoms with Crippen LogP contribution in [0.2, 0.25) is 5.02 Å². The van der Waals surface area contributed by atoms with Gasteiger partial charge in [-0.25, -0.2) is 14.0 Å². The molecule has 3 atom stereocenters. The number of thioether (sulfide) groups is 1. The molecule has 1 aromatic carbocycles. The number of carboxylic acid groups (broad SMARTS) is 1. The van der Waals surface area contributed by atoms with Crippen LogP contribution >= 0.6 is 34.7 Å². The van der Waals surface area contributed by atoms with Gasteiger partial charge in [-0.2, -0.15) is 18.2 Å². The second kappa shape index (κ2) is 10.9. The van der Waals surface area contributed by atoms with Gasteiger partial charge in [-0.05, 0) is 26.0 Å². The minimum Gasteiger partial charge on any atom is -0.465 e. The highest BCUT2D eigenvalue weighted by molar-refractivity contribution is 7.99. The zero-order chi connectivity index (χ0) is 27.9. The molecule has 1 aliphatic rings. The predicted octanol–water partition coefficient (Wildman–Crippen LogP) is 5.24. The lowest BCUT2D eigenvalue weighted by Gasteiger charge is -2.43. The van der Waals surface area contributed by atoms with Gasteiger partial charge in [0.25, 0.3) is 0 Å². The molecule has 206 valence electrons. The van der Waals surface area contributed by atoms with E-state index in [0.29, 0.717) is 4.88 Å². The van der Waals surface area contributed by atoms with Gasteiger partial charge in [-0.3, -0.25) is 4.90 Å². The Hall–Kier alpha value is -2.55. The number of amides is 1. The van der Waals surface area contributed by atoms with Gasteiger partial charge in [0.05, 0.1) is 39.7 Å². The lowest BCUT2D eigenvalue weighted by molar-refractivity contribution is -0.137. The highest BCUT2D eigenvalue weighted by Gasteiger charge is 2.38. The molecule has 0 radical (unpaired) electrons. The van der Waals surface area contributed by atoms with Crippen LogP contribution in [0.1, 0.15) is 30.2 Å². The van der Waals surface area contributed by atoms with E-state index in [0.717, 1.165) is 29.2 Å². The summed E-state index contributed by atoms with van der Waals surface area (Å²) in [6.07, 6.45) is -5.95. The van der Waals surface area contributed by atoms with Crippen molar-refractivity contribution in [2.45, 2.75) is 42.9 Å². The largest absolute Gasteiger partial charge is 0.465 e. The van der Waals surface area contributed by atoms with Gasteiger partial charge in [0, 0.05) is 40.4 Å². The molecule has 3 N–H and O–H groups in total. The molecule has 8 nitrogen and oxygen atoms in total. The van der Waals surface area contributed by atoms with Crippen LogP contribution in [-0.4, -0.2) is 68.7 Å². The standard InChI is InChI=1S/C23H23ClF4N4O4S2/c1-10-5-31(6-11(2)32(10)22(35)36)20-14-4-15(23(26,27)28)17(24)19(18(14)29-21(34)30-20)38-8-12(7-33)16-3-13(25)9-37-16/h3-4,9-12,33H,5-8H2,1-2H3,(H,35,36)(H,29,30,34)/t10-,11+,12?. The number of piperazine rings is 1. The number of aromatic amines is 1. The number of benzene rings is 1. The van der Waals surface area contributed by atoms with Gasteiger partial charge < -0.3 is 20.1 Å². The van der Waals surface area contributed by atoms with Gasteiger partial charge in [-0.15, -0.1) is 23.1 Å². The zero-order valence-electron chi connectivity index (χ0n) is 20.1. The van der Waals surface area contributed by atoms with E-state index in [9.17, 15) is 37.4 Å². The second-order valence-electron chi connectivity index (χ2n) is 9.00. The number of H-pyrrole nitrogens is 1. The fourth-order valence-electron chi connectivity index (χ4n) is 4.63. The Morgan fingerprint density at radius 2 is 1.97 bits per heavy atom. The number of hydrogen-bond donors (Lipinski definition) is 3. The molecule has 0 aliphatic carbocycles. The monoisotopic (exact) mass is 594 g/mol. The summed E-state index contributed by atoms with van der Waals surface area (Å²) in [6.45, 7) is 3.15. The topological polar surface area (TPSA) is 110 Å². The maximum absolute atomic E-state index is 14.1. The summed E-state index contributed by atoms with van der Waals surface area (Å²) in [5, 5.41) is 20.0. The number of nitrogens with zero attached hydrogens (tertiary/aromatic N) is 3. The molecule has 2 aromatic heterocycles. The molecule has 0 bridgehead atoms. The van der Waals surface area contributed by atoms with Crippen LogP contribution in [0.5, 0.6) is 0 Å². The van der Waals surface area contributed by atoms with Crippen molar-refractivity contribution in [3.8, 4) is 0 Å². The van der Waals surface area contributed by atoms with Crippen LogP contribution in [0.15, 0.2) is 27.2 Å². The van der Waals surface area contributed by atoms with Crippen molar-refractivity contribution in [3.05, 3.63) is 49.3 Å². The Morgan fingerprint density at radius 1 is 1.32 bits per heavy atom. The molecule has 3 heterocycles. The number of halogens is 5. The molecule has 0 spiro atoms. The van der Waals surface area contributed by atoms with E-state index in [4.69, 9.17) is 11.6 Å². The molecule has 1 saturated heterocycles. The third-order valence-corrected chi connectivity index (χ3v) is 9.12. The highest BCUT2D eigenvalue weighted by atomic mass is 35.5. The zero-order valence-corrected chi connectivity index (χ0v) is 22.4. The SMILES string of the molecule is C[C@@H]1CN(c2nc(=O)[nH]c3c(SCC(CO)c4cc(F)cs4)c(Cl)c(C(F)(F)F)cc23)C[C@H](C)N1C(=O)O. The molecular formula is C23H23ClF4N4O4S2. The van der Waals surface area contributed by atoms with Crippen LogP contribution in [0.4, 0.5) is 28.2 Å². The van der Waals surface area contributed by atoms with Crippen molar-refractivity contribution in [2.24, 2.45) is 0 Å². The number of anilines is 1. The Bertz CT molecular complexity index is 1400. The molecule has 0 saturated carbocycles. The molecule has 1 fully saturated rings. The van der Waals surface area contributed by atoms with E-state index < -0.39 is 52.4 Å². The van der Waals surface area contributed by atoms with Gasteiger partial charge >= 0.3 is 18.0 Å². The first-order valence-corrected chi connectivity index (χ1v) is 13.6. The molecule has 1 aliphatic heterocycles. The number of fused-ring (bicyclic) bond motifs is 1. The van der Waals surface area contributed by atoms with Gasteiger partial charge in [0.15, 0.2) is 0 Å². The number of thiophene rings is 1. The number of carbonyl (C=O) groups is 1. The van der Waals surface area contributed by atoms with Crippen molar-refractivity contribution < 1.29 is 32.6 Å². The van der Waals surface area contributed by atoms with Gasteiger partial charge in [0.2, 0.25) is 0 Å². The van der Waals surface area contributed by atoms with Crippen molar-refractivity contribution >= 4 is 57.5 Å². The number of alkyl halides is 3. The minimum atomic E-state index is -4.83. The van der Waals surface area contributed by atoms with Crippen molar-refractivity contribution in [3.63, 3.8) is 0 Å². The number of aromatic nitrogens is 2. The first kappa shape index (κ1) is 28.5. The molecule has 15 heteroatoms. The molecule has 1 unspecified atom stereocenters. The molecule has 38 heavy (non-hydrogen) atoms. The average molecular weight is 595 g/mol. The van der Waals surface area contributed by atoms with E-state index in [1.807, 2.05) is 0 Å². The van der Waals surface area contributed by atoms with Crippen molar-refractivity contribution in [2.75, 3.05) is 30.3 Å². The Labute approximate surface area is 227 Å². The summed E-state index contributed by atoms with van der Waals surface area (Å²) >= 11 is 8.23. The third-order valence-electron chi connectivity index (χ3n) is 6.29. The normalized spacial score (nSPS) is 19.3. The van der Waals surface area contributed by atoms with Gasteiger partial charge in [-0.1, -0.05) is 11.6 Å². The summed E-state index contributed by atoms with van der Waals surface area (Å²) in [5.74, 6) is -1.04. The summed E-state index contributed by atoms with van der Waals surface area (Å²) in [4.78, 5) is 34.0. The number of aliphatic hydroxyl groups excluding tert-OH is 1. The second-order valence-corrected chi connectivity index (χ2v) is 11.4. The average Bonchev–Trinajstić information content (AvgIpc) is 3.24. The third kappa shape index (κ3) is 5.58. The van der Waals surface area contributed by atoms with Crippen LogP contribution in [0, 0.1) is 5.82 Å². The Morgan fingerprint density at radius 3 is 2.50 bits per heavy atom. The van der Waals surface area contributed by atoms with E-state index >= 15 is 0 Å². The number of nitrogens with one attached hydrogen (secondary N) is 1. The van der Waals surface area contributed by atoms with Crippen LogP contribution in [0.25, 0.3) is 10.9 Å². The van der Waals surface area contributed by atoms with E-state index in [-0.39, 0.29) is 47.1 Å². The quantitative estimate of drug-likeness (QED) is 0.264. The van der Waals surface area contributed by atoms with Crippen LogP contribution in [-0.2, 0) is 6.18 Å². The molecular weight excluding hydrogens is 572 g/mol. The van der Waals surface area contributed by atoms with Crippen LogP contribution in [0.3, 0.4) is 0 Å². The fraction of sp³-hybridized carbons (Fsp3) is 0.435. The predicted molar refractivity (Wildman–Crippen MR) is 138 cm³/mol. The fourth-order valence-corrected chi connectivity index (χ4v) is 7.20. The van der Waals surface area contributed by atoms with Crippen molar-refractivity contribution in [1.82, 2.24) is 14.9 Å². The molecule has 4 rings (SSSR count). The van der Waals surface area contributed by atoms with Crippen molar-refractivity contribution in [1.29, 1.82) is 0 Å². The number of hydrogen-bond acceptors (Lipinski definition) is 7. The first-order valence-electron chi connectivity index (χ1n) is 11.4. The highest BCUT2D eigenvalue weighted by Crippen LogP contribution is 2.45. The minimum absolute atomic E-state index is 0.00489. The lowest BCUT2D eigenvalue weighted by Crippen LogP contribution is -2.58. The van der Waals surface area contributed by atoms with Crippen LogP contribution < -0.4 is 10.6 Å². The summed E-state index contributed by atoms with van der Waals surface area (Å²) in [5.41, 5.74) is -1.90. The van der Waals surface area contributed by atoms with E-state index in [1.54, 1.807) is 18.7 Å². The number of aliphatic hydroxyl groups is 1. The van der Waals surface area contributed by atoms with E-state index in [1.165, 1.54) is 16.3 Å². The van der Waals surface area contributed by atoms with E-state index in [2.05, 4.69) is 9.97 Å². The first-order chi connectivity index (χ1) is 17.8. The summed E-state index contributed by atoms with van der Waals surface area (Å²) in [6, 6.07) is 1.04. The Kier molecular flexibility index (Phi) is 8.17. The maximum Gasteiger partial charge on any atom is 0.417 e. The van der Waals surface area contributed by atoms with Gasteiger partial charge in [0.1, 0.15) is 11.6 Å². The number of rotatable bonds is 6. The Balaban J connectivity index is 1.83. The maximum atomic E-state index is 14.1. The summed E-state index contributed by atoms with van der Waals surface area (Å²) < 4.78 is 55.7.